The minimum absolute atomic E-state index is 0.0332. The maximum absolute atomic E-state index is 14.5. The van der Waals surface area contributed by atoms with Crippen molar-refractivity contribution in [1.29, 1.82) is 0 Å². The number of rotatable bonds is 6. The van der Waals surface area contributed by atoms with Gasteiger partial charge < -0.3 is 5.11 Å². The molecule has 186 valence electrons. The predicted molar refractivity (Wildman–Crippen MR) is 131 cm³/mol. The summed E-state index contributed by atoms with van der Waals surface area (Å²) in [7, 11) is 0. The molecule has 0 aliphatic heterocycles. The summed E-state index contributed by atoms with van der Waals surface area (Å²) in [5.41, 5.74) is 2.31. The van der Waals surface area contributed by atoms with E-state index in [4.69, 9.17) is 4.98 Å². The summed E-state index contributed by atoms with van der Waals surface area (Å²) in [6, 6.07) is 7.44. The SMILES string of the molecule is CC[C@H]1c2cc(-c3c(F)cccc3F)nnc2[C@](C)(c2ccnc(-n3cc(CCO)cn3)n2)C1(C)C. The number of aromatic nitrogens is 6. The van der Waals surface area contributed by atoms with Crippen molar-refractivity contribution in [3.63, 3.8) is 0 Å². The number of halogens is 2. The molecule has 3 heterocycles. The number of benzene rings is 1. The standard InChI is InChI=1S/C27H28F2N6O/c1-5-18-17-13-21(23-19(28)7-6-8-20(23)29)33-34-24(17)27(4,26(18,2)3)22-9-11-30-25(32-22)35-15-16(10-12-36)14-31-35/h6-9,11,13-15,18,36H,5,10,12H2,1-4H3/t18-,27-/m0/s1. The van der Waals surface area contributed by atoms with Crippen LogP contribution in [0.25, 0.3) is 17.2 Å². The fraction of sp³-hybridized carbons (Fsp3) is 0.370. The van der Waals surface area contributed by atoms with Crippen LogP contribution < -0.4 is 0 Å². The Morgan fingerprint density at radius 3 is 2.53 bits per heavy atom. The molecule has 0 bridgehead atoms. The van der Waals surface area contributed by atoms with Crippen LogP contribution in [0.1, 0.15) is 62.5 Å². The van der Waals surface area contributed by atoms with Crippen LogP contribution in [0.2, 0.25) is 0 Å². The summed E-state index contributed by atoms with van der Waals surface area (Å²) in [5, 5.41) is 22.4. The molecule has 2 atom stereocenters. The van der Waals surface area contributed by atoms with Crippen LogP contribution >= 0.6 is 0 Å². The molecular formula is C27H28F2N6O. The van der Waals surface area contributed by atoms with E-state index in [9.17, 15) is 13.9 Å². The number of hydrogen-bond acceptors (Lipinski definition) is 6. The zero-order valence-corrected chi connectivity index (χ0v) is 20.7. The van der Waals surface area contributed by atoms with E-state index in [1.807, 2.05) is 6.07 Å². The zero-order chi connectivity index (χ0) is 25.7. The molecule has 1 aliphatic rings. The summed E-state index contributed by atoms with van der Waals surface area (Å²) < 4.78 is 30.7. The molecule has 36 heavy (non-hydrogen) atoms. The Morgan fingerprint density at radius 2 is 1.83 bits per heavy atom. The minimum atomic E-state index is -0.669. The first-order valence-corrected chi connectivity index (χ1v) is 12.0. The molecular weight excluding hydrogens is 462 g/mol. The van der Waals surface area contributed by atoms with Gasteiger partial charge in [0.2, 0.25) is 0 Å². The molecule has 1 aliphatic carbocycles. The van der Waals surface area contributed by atoms with Crippen LogP contribution in [0, 0.1) is 17.0 Å². The van der Waals surface area contributed by atoms with Crippen LogP contribution in [0.3, 0.4) is 0 Å². The third kappa shape index (κ3) is 3.52. The van der Waals surface area contributed by atoms with Gasteiger partial charge in [-0.1, -0.05) is 26.8 Å². The summed E-state index contributed by atoms with van der Waals surface area (Å²) in [4.78, 5) is 9.29. The van der Waals surface area contributed by atoms with Crippen LogP contribution in [-0.4, -0.2) is 41.7 Å². The third-order valence-corrected chi connectivity index (χ3v) is 7.86. The minimum Gasteiger partial charge on any atom is -0.396 e. The molecule has 0 radical (unpaired) electrons. The maximum atomic E-state index is 14.5. The second-order valence-electron chi connectivity index (χ2n) is 9.95. The van der Waals surface area contributed by atoms with Crippen LogP contribution in [0.15, 0.2) is 48.9 Å². The van der Waals surface area contributed by atoms with Crippen LogP contribution in [-0.2, 0) is 11.8 Å². The third-order valence-electron chi connectivity index (χ3n) is 7.86. The molecule has 0 amide bonds. The molecule has 7 nitrogen and oxygen atoms in total. The van der Waals surface area contributed by atoms with Gasteiger partial charge in [-0.15, -0.1) is 5.10 Å². The van der Waals surface area contributed by atoms with Gasteiger partial charge in [-0.25, -0.2) is 23.4 Å². The van der Waals surface area contributed by atoms with Gasteiger partial charge in [0.25, 0.3) is 5.95 Å². The van der Waals surface area contributed by atoms with Crippen LogP contribution in [0.4, 0.5) is 8.78 Å². The van der Waals surface area contributed by atoms with Gasteiger partial charge in [-0.05, 0) is 66.5 Å². The highest BCUT2D eigenvalue weighted by atomic mass is 19.1. The number of aliphatic hydroxyl groups is 1. The van der Waals surface area contributed by atoms with Crippen molar-refractivity contribution in [3.8, 4) is 17.2 Å². The molecule has 5 rings (SSSR count). The Bertz CT molecular complexity index is 1420. The highest BCUT2D eigenvalue weighted by Crippen LogP contribution is 2.61. The second-order valence-corrected chi connectivity index (χ2v) is 9.95. The first-order chi connectivity index (χ1) is 17.2. The average Bonchev–Trinajstić information content (AvgIpc) is 3.39. The van der Waals surface area contributed by atoms with Crippen molar-refractivity contribution in [2.75, 3.05) is 6.61 Å². The summed E-state index contributed by atoms with van der Waals surface area (Å²) in [6.07, 6.45) is 6.49. The topological polar surface area (TPSA) is 89.6 Å². The fourth-order valence-corrected chi connectivity index (χ4v) is 5.61. The van der Waals surface area contributed by atoms with E-state index in [0.717, 1.165) is 28.9 Å². The highest BCUT2D eigenvalue weighted by Gasteiger charge is 2.57. The van der Waals surface area contributed by atoms with Crippen molar-refractivity contribution in [2.45, 2.75) is 51.9 Å². The number of aliphatic hydroxyl groups excluding tert-OH is 1. The van der Waals surface area contributed by atoms with Gasteiger partial charge >= 0.3 is 0 Å². The van der Waals surface area contributed by atoms with Gasteiger partial charge in [0.05, 0.1) is 34.3 Å². The summed E-state index contributed by atoms with van der Waals surface area (Å²) >= 11 is 0. The Kier molecular flexibility index (Phi) is 5.90. The van der Waals surface area contributed by atoms with Gasteiger partial charge in [-0.3, -0.25) is 0 Å². The van der Waals surface area contributed by atoms with Crippen LogP contribution in [0.5, 0.6) is 0 Å². The van der Waals surface area contributed by atoms with E-state index in [1.54, 1.807) is 29.3 Å². The lowest BCUT2D eigenvalue weighted by molar-refractivity contribution is 0.189. The van der Waals surface area contributed by atoms with E-state index in [2.05, 4.69) is 48.0 Å². The van der Waals surface area contributed by atoms with Crippen molar-refractivity contribution in [2.24, 2.45) is 5.41 Å². The maximum Gasteiger partial charge on any atom is 0.250 e. The molecule has 0 saturated heterocycles. The quantitative estimate of drug-likeness (QED) is 0.419. The zero-order valence-electron chi connectivity index (χ0n) is 20.7. The molecule has 0 unspecified atom stereocenters. The van der Waals surface area contributed by atoms with Crippen molar-refractivity contribution in [3.05, 3.63) is 83.1 Å². The first-order valence-electron chi connectivity index (χ1n) is 12.0. The number of hydrogen-bond donors (Lipinski definition) is 1. The Labute approximate surface area is 208 Å². The van der Waals surface area contributed by atoms with Gasteiger partial charge in [0.1, 0.15) is 11.6 Å². The van der Waals surface area contributed by atoms with Gasteiger partial charge in [0.15, 0.2) is 0 Å². The van der Waals surface area contributed by atoms with E-state index in [0.29, 0.717) is 12.4 Å². The van der Waals surface area contributed by atoms with Crippen molar-refractivity contribution in [1.82, 2.24) is 29.9 Å². The summed E-state index contributed by atoms with van der Waals surface area (Å²) in [6.45, 7) is 8.56. The smallest absolute Gasteiger partial charge is 0.250 e. The Balaban J connectivity index is 1.65. The van der Waals surface area contributed by atoms with E-state index in [-0.39, 0.29) is 29.2 Å². The lowest BCUT2D eigenvalue weighted by Crippen LogP contribution is -2.40. The van der Waals surface area contributed by atoms with E-state index >= 15 is 0 Å². The van der Waals surface area contributed by atoms with Gasteiger partial charge in [0, 0.05) is 19.0 Å². The second kappa shape index (κ2) is 8.81. The number of nitrogens with zero attached hydrogens (tertiary/aromatic N) is 6. The fourth-order valence-electron chi connectivity index (χ4n) is 5.61. The largest absolute Gasteiger partial charge is 0.396 e. The van der Waals surface area contributed by atoms with E-state index in [1.165, 1.54) is 18.2 Å². The molecule has 1 aromatic carbocycles. The molecule has 1 N–H and O–H groups in total. The Hall–Kier alpha value is -3.59. The normalized spacial score (nSPS) is 20.5. The molecule has 3 aromatic heterocycles. The molecule has 9 heteroatoms. The number of fused-ring (bicyclic) bond motifs is 1. The molecule has 0 spiro atoms. The van der Waals surface area contributed by atoms with Crippen molar-refractivity contribution >= 4 is 0 Å². The van der Waals surface area contributed by atoms with Crippen molar-refractivity contribution < 1.29 is 13.9 Å². The highest BCUT2D eigenvalue weighted by molar-refractivity contribution is 5.63. The average molecular weight is 491 g/mol. The lowest BCUT2D eigenvalue weighted by atomic mass is 9.62. The molecule has 0 saturated carbocycles. The molecule has 0 fully saturated rings. The predicted octanol–water partition coefficient (Wildman–Crippen LogP) is 4.77. The van der Waals surface area contributed by atoms with E-state index < -0.39 is 17.0 Å². The monoisotopic (exact) mass is 490 g/mol. The Morgan fingerprint density at radius 1 is 1.08 bits per heavy atom. The first kappa shape index (κ1) is 24.1. The lowest BCUT2D eigenvalue weighted by Gasteiger charge is -2.41. The summed E-state index contributed by atoms with van der Waals surface area (Å²) in [5.74, 6) is -0.871. The molecule has 4 aromatic rings. The van der Waals surface area contributed by atoms with Gasteiger partial charge in [-0.2, -0.15) is 10.2 Å².